The van der Waals surface area contributed by atoms with E-state index in [1.54, 1.807) is 41.7 Å². The molecule has 19 nitrogen and oxygen atoms in total. The fraction of sp³-hybridized carbons (Fsp3) is 0.444. The Hall–Kier alpha value is -7.50. The third-order valence-corrected chi connectivity index (χ3v) is 13.4. The molecule has 21 heteroatoms. The predicted octanol–water partition coefficient (Wildman–Crippen LogP) is 8.50. The maximum Gasteiger partial charge on any atom is 1.00 e. The van der Waals surface area contributed by atoms with Gasteiger partial charge in [0.15, 0.2) is 17.3 Å². The first-order valence-electron chi connectivity index (χ1n) is 28.0. The van der Waals surface area contributed by atoms with E-state index in [1.165, 1.54) is 14.2 Å². The summed E-state index contributed by atoms with van der Waals surface area (Å²) >= 11 is 0. The van der Waals surface area contributed by atoms with Gasteiger partial charge < -0.3 is 39.4 Å². The molecule has 2 saturated heterocycles. The molecule has 5 heterocycles. The number of amides is 1. The average Bonchev–Trinajstić information content (AvgIpc) is 4.04. The molecule has 2 atom stereocenters. The number of rotatable bonds is 24. The van der Waals surface area contributed by atoms with Gasteiger partial charge in [0.1, 0.15) is 23.3 Å². The van der Waals surface area contributed by atoms with Crippen molar-refractivity contribution in [2.24, 2.45) is 0 Å². The van der Waals surface area contributed by atoms with Crippen LogP contribution in [0.1, 0.15) is 155 Å². The van der Waals surface area contributed by atoms with E-state index < -0.39 is 0 Å². The number of benzene rings is 3. The van der Waals surface area contributed by atoms with Crippen molar-refractivity contribution >= 4 is 80.3 Å². The van der Waals surface area contributed by atoms with Crippen molar-refractivity contribution in [2.75, 3.05) is 47.1 Å². The van der Waals surface area contributed by atoms with Crippen LogP contribution < -0.4 is 38.4 Å². The number of nitrogens with zero attached hydrogens (tertiary/aromatic N) is 6. The summed E-state index contributed by atoms with van der Waals surface area (Å²) in [5.41, 5.74) is 3.86. The van der Waals surface area contributed by atoms with Crippen LogP contribution in [0.5, 0.6) is 17.2 Å². The second-order valence-corrected chi connectivity index (χ2v) is 19.3. The summed E-state index contributed by atoms with van der Waals surface area (Å²) in [7, 11) is 2.63. The van der Waals surface area contributed by atoms with Gasteiger partial charge in [-0.1, -0.05) is 40.0 Å². The van der Waals surface area contributed by atoms with Crippen molar-refractivity contribution in [3.8, 4) is 29.4 Å². The van der Waals surface area contributed by atoms with Gasteiger partial charge in [-0.25, -0.2) is 0 Å². The van der Waals surface area contributed by atoms with Crippen molar-refractivity contribution in [3.05, 3.63) is 108 Å². The Morgan fingerprint density at radius 3 is 1.27 bits per heavy atom. The second kappa shape index (κ2) is 39.9. The van der Waals surface area contributed by atoms with Gasteiger partial charge >= 0.3 is 30.8 Å². The van der Waals surface area contributed by atoms with Crippen molar-refractivity contribution in [1.82, 2.24) is 25.2 Å². The molecule has 0 aliphatic carbocycles. The van der Waals surface area contributed by atoms with Gasteiger partial charge in [-0.05, 0) is 124 Å². The maximum absolute atomic E-state index is 12.8. The van der Waals surface area contributed by atoms with Crippen molar-refractivity contribution < 1.29 is 76.8 Å². The molecule has 0 radical (unpaired) electrons. The summed E-state index contributed by atoms with van der Waals surface area (Å²) in [4.78, 5) is 86.8. The van der Waals surface area contributed by atoms with Gasteiger partial charge in [-0.3, -0.25) is 43.7 Å². The topological polar surface area (TPSA) is 280 Å². The zero-order chi connectivity index (χ0) is 58.4. The van der Waals surface area contributed by atoms with Crippen LogP contribution in [0.2, 0.25) is 0 Å². The molecular formula is C63H77ClLiN7O12. The first-order valence-corrected chi connectivity index (χ1v) is 28.0. The number of nitrogens with one attached hydrogen (secondary N) is 1. The number of Topliss-reactive ketones (excluding diaryl/α,β-unsaturated/α-hetero) is 3. The quantitative estimate of drug-likeness (QED) is 0.0257. The zero-order valence-electron chi connectivity index (χ0n) is 49.2. The summed E-state index contributed by atoms with van der Waals surface area (Å²) in [6.07, 6.45) is 15.3. The van der Waals surface area contributed by atoms with Crippen LogP contribution in [0.4, 0.5) is 0 Å². The number of esters is 2. The van der Waals surface area contributed by atoms with E-state index in [1.807, 2.05) is 54.6 Å². The Morgan fingerprint density at radius 2 is 0.952 bits per heavy atom. The van der Waals surface area contributed by atoms with E-state index >= 15 is 0 Å². The van der Waals surface area contributed by atoms with Gasteiger partial charge in [-0.2, -0.15) is 10.5 Å². The van der Waals surface area contributed by atoms with Crippen molar-refractivity contribution in [3.63, 3.8) is 0 Å². The number of carbonyl (C=O) groups is 6. The summed E-state index contributed by atoms with van der Waals surface area (Å²) < 4.78 is 26.3. The number of carbonyl (C=O) groups excluding carboxylic acids is 6. The number of hydrogen-bond acceptors (Lipinski definition) is 18. The van der Waals surface area contributed by atoms with E-state index in [0.717, 1.165) is 109 Å². The Balaban J connectivity index is 0.000000400. The largest absolute Gasteiger partial charge is 1.00 e. The number of aromatic nitrogens is 3. The molecule has 2 aliphatic heterocycles. The van der Waals surface area contributed by atoms with E-state index in [0.29, 0.717) is 55.2 Å². The molecule has 2 aliphatic rings. The molecule has 84 heavy (non-hydrogen) atoms. The van der Waals surface area contributed by atoms with Crippen LogP contribution in [0.25, 0.3) is 32.7 Å². The number of methoxy groups -OCH3 is 2. The molecule has 2 fully saturated rings. The molecule has 0 bridgehead atoms. The zero-order valence-corrected chi connectivity index (χ0v) is 50.0. The molecule has 8 rings (SSSR count). The van der Waals surface area contributed by atoms with E-state index in [4.69, 9.17) is 24.7 Å². The number of nitriles is 2. The molecule has 0 spiro atoms. The van der Waals surface area contributed by atoms with Gasteiger partial charge in [0, 0.05) is 83.7 Å². The van der Waals surface area contributed by atoms with E-state index in [9.17, 15) is 28.8 Å². The number of halogens is 1. The number of likely N-dealkylation sites (tertiary alicyclic amines) is 1. The smallest absolute Gasteiger partial charge is 0.870 e. The van der Waals surface area contributed by atoms with E-state index in [-0.39, 0.29) is 123 Å². The molecular weight excluding hydrogens is 1090 g/mol. The minimum Gasteiger partial charge on any atom is -0.870 e. The Kier molecular flexibility index (Phi) is 34.5. The van der Waals surface area contributed by atoms with Crippen LogP contribution in [-0.2, 0) is 23.9 Å². The molecule has 6 aromatic rings. The number of unbranched alkanes of at least 4 members (excludes halogenated alkanes) is 3. The summed E-state index contributed by atoms with van der Waals surface area (Å²) in [5.74, 6) is 0.955. The Morgan fingerprint density at radius 1 is 0.560 bits per heavy atom. The van der Waals surface area contributed by atoms with Crippen LogP contribution in [0, 0.1) is 22.7 Å². The standard InChI is InChI=1S/C22H25N3O3.2C18H21NO4.C5H8N2.ClH.Li.H2O/c1-2-3-13-28-17-6-7-20-19(14-17)18(10-11-24-20)21(26)8-9-22(27)25-12-4-5-16(25)15-23;2*1-3-4-11-23-13-5-6-16-15(12-13)14(9-10-19-16)17(20)7-8-18(21)22-2;6-4-5-2-1-3-7-5;;;/h6-7,10-11,14,16H,2-5,8-9,12-13H2,1H3;2*5-6,9-10,12H,3-4,7-8,11H2,1-2H3;5,7H,1-3H2;1H;;1H2/q;;;;;+1;/p-1/t16-;;;5-;;;/m0..0.../s1. The first-order chi connectivity index (χ1) is 39.4. The number of pyridine rings is 3. The molecule has 3 aromatic heterocycles. The van der Waals surface area contributed by atoms with Crippen LogP contribution in [-0.4, -0.2) is 120 Å². The van der Waals surface area contributed by atoms with Gasteiger partial charge in [-0.15, -0.1) is 12.4 Å². The second-order valence-electron chi connectivity index (χ2n) is 19.3. The summed E-state index contributed by atoms with van der Waals surface area (Å²) in [5, 5.41) is 22.7. The molecule has 0 unspecified atom stereocenters. The normalized spacial score (nSPS) is 13.6. The predicted molar refractivity (Wildman–Crippen MR) is 317 cm³/mol. The Bertz CT molecular complexity index is 3040. The molecule has 2 N–H and O–H groups in total. The van der Waals surface area contributed by atoms with Gasteiger partial charge in [0.25, 0.3) is 0 Å². The molecule has 0 saturated carbocycles. The Labute approximate surface area is 510 Å². The number of fused-ring (bicyclic) bond motifs is 3. The minimum atomic E-state index is -0.389. The molecule has 444 valence electrons. The van der Waals surface area contributed by atoms with Crippen LogP contribution in [0.3, 0.4) is 0 Å². The van der Waals surface area contributed by atoms with Crippen LogP contribution in [0.15, 0.2) is 91.4 Å². The monoisotopic (exact) mass is 1170 g/mol. The van der Waals surface area contributed by atoms with Crippen LogP contribution >= 0.6 is 12.4 Å². The number of ketones is 3. The molecule has 1 amide bonds. The third kappa shape index (κ3) is 22.9. The van der Waals surface area contributed by atoms with Gasteiger partial charge in [0.2, 0.25) is 5.91 Å². The summed E-state index contributed by atoms with van der Waals surface area (Å²) in [6.45, 7) is 9.86. The third-order valence-electron chi connectivity index (χ3n) is 13.4. The first kappa shape index (κ1) is 72.6. The fourth-order valence-corrected chi connectivity index (χ4v) is 8.78. The van der Waals surface area contributed by atoms with E-state index in [2.05, 4.69) is 62.7 Å². The average molecular weight is 1170 g/mol. The fourth-order valence-electron chi connectivity index (χ4n) is 8.78. The van der Waals surface area contributed by atoms with Crippen molar-refractivity contribution in [2.45, 2.75) is 136 Å². The maximum atomic E-state index is 12.8. The van der Waals surface area contributed by atoms with Gasteiger partial charge in [0.05, 0.1) is 81.6 Å². The van der Waals surface area contributed by atoms with Crippen molar-refractivity contribution in [1.29, 1.82) is 10.5 Å². The number of hydrogen-bond donors (Lipinski definition) is 1. The SMILES string of the molecule is CCCCOc1ccc2nccc(C(=O)CCC(=O)N3CCC[C@H]3C#N)c2c1.CCCCOc1ccc2nccc(C(=O)CCC(=O)OC)c2c1.CCCCOc1ccc2nccc(C(=O)CCC(=O)OC)c2c1.Cl.N#C[C@@H]1CCCN1.[Li+].[OH-]. The molecule has 3 aromatic carbocycles. The number of ether oxygens (including phenoxy) is 5. The summed E-state index contributed by atoms with van der Waals surface area (Å²) in [6, 6.07) is 25.8. The minimum absolute atomic E-state index is 0.